The van der Waals surface area contributed by atoms with Gasteiger partial charge < -0.3 is 39.6 Å². The van der Waals surface area contributed by atoms with Crippen LogP contribution in [-0.4, -0.2) is 32.1 Å². The van der Waals surface area contributed by atoms with Crippen LogP contribution >= 0.6 is 0 Å². The predicted octanol–water partition coefficient (Wildman–Crippen LogP) is 5.26. The fourth-order valence-corrected chi connectivity index (χ4v) is 3.90. The first-order valence-corrected chi connectivity index (χ1v) is 12.5. The van der Waals surface area contributed by atoms with E-state index in [0.29, 0.717) is 0 Å². The van der Waals surface area contributed by atoms with Gasteiger partial charge in [-0.05, 0) is 70.4 Å². The standard InChI is InChI=1S/2C14H14N2O.C2H2O4/c2*1-2-13(17-7-1)10-15-9-11-3-4-12-5-6-16-14(12)8-11;3-1(4)2(5)6/h2*1-8,15-16H,9-10H2;(H,3,4)(H,5,6). The molecule has 0 atom stereocenters. The number of furan rings is 2. The average molecular weight is 543 g/mol. The van der Waals surface area contributed by atoms with E-state index >= 15 is 0 Å². The van der Waals surface area contributed by atoms with E-state index in [9.17, 15) is 0 Å². The fourth-order valence-electron chi connectivity index (χ4n) is 3.90. The van der Waals surface area contributed by atoms with Crippen LogP contribution in [0, 0.1) is 0 Å². The molecule has 10 nitrogen and oxygen atoms in total. The van der Waals surface area contributed by atoms with Gasteiger partial charge in [-0.2, -0.15) is 0 Å². The number of aromatic amines is 2. The number of fused-ring (bicyclic) bond motifs is 2. The zero-order valence-corrected chi connectivity index (χ0v) is 21.6. The van der Waals surface area contributed by atoms with E-state index in [0.717, 1.165) is 37.7 Å². The van der Waals surface area contributed by atoms with Crippen LogP contribution < -0.4 is 10.6 Å². The lowest BCUT2D eigenvalue weighted by atomic mass is 10.1. The van der Waals surface area contributed by atoms with Gasteiger partial charge in [0, 0.05) is 36.5 Å². The Labute approximate surface area is 229 Å². The van der Waals surface area contributed by atoms with Gasteiger partial charge >= 0.3 is 11.9 Å². The van der Waals surface area contributed by atoms with E-state index in [2.05, 4.69) is 69.1 Å². The molecule has 0 aliphatic carbocycles. The first-order chi connectivity index (χ1) is 19.5. The molecule has 0 spiro atoms. The smallest absolute Gasteiger partial charge is 0.414 e. The van der Waals surface area contributed by atoms with Crippen LogP contribution in [-0.2, 0) is 35.8 Å². The highest BCUT2D eigenvalue weighted by atomic mass is 16.4. The molecule has 4 aromatic heterocycles. The molecule has 0 saturated heterocycles. The van der Waals surface area contributed by atoms with Crippen molar-refractivity contribution in [3.8, 4) is 0 Å². The fraction of sp³-hybridized carbons (Fsp3) is 0.133. The summed E-state index contributed by atoms with van der Waals surface area (Å²) < 4.78 is 10.5. The summed E-state index contributed by atoms with van der Waals surface area (Å²) in [4.78, 5) is 24.6. The van der Waals surface area contributed by atoms with Crippen LogP contribution in [0.5, 0.6) is 0 Å². The van der Waals surface area contributed by atoms with Crippen molar-refractivity contribution in [1.29, 1.82) is 0 Å². The van der Waals surface area contributed by atoms with Gasteiger partial charge in [0.05, 0.1) is 25.6 Å². The molecular weight excluding hydrogens is 512 g/mol. The molecule has 0 radical (unpaired) electrons. The minimum Gasteiger partial charge on any atom is -0.473 e. The van der Waals surface area contributed by atoms with E-state index in [1.807, 2.05) is 36.7 Å². The summed E-state index contributed by atoms with van der Waals surface area (Å²) in [5, 5.41) is 24.0. The summed E-state index contributed by atoms with van der Waals surface area (Å²) in [5.41, 5.74) is 4.91. The van der Waals surface area contributed by atoms with Gasteiger partial charge in [0.1, 0.15) is 11.5 Å². The molecule has 6 N–H and O–H groups in total. The average Bonchev–Trinajstić information content (AvgIpc) is 3.77. The number of benzene rings is 2. The van der Waals surface area contributed by atoms with Crippen LogP contribution in [0.4, 0.5) is 0 Å². The maximum Gasteiger partial charge on any atom is 0.414 e. The molecule has 0 amide bonds. The lowest BCUT2D eigenvalue weighted by Gasteiger charge is -2.03. The molecule has 40 heavy (non-hydrogen) atoms. The van der Waals surface area contributed by atoms with Crippen molar-refractivity contribution in [2.24, 2.45) is 0 Å². The van der Waals surface area contributed by atoms with E-state index in [4.69, 9.17) is 28.6 Å². The van der Waals surface area contributed by atoms with Gasteiger partial charge in [-0.3, -0.25) is 0 Å². The number of nitrogens with one attached hydrogen (secondary N) is 4. The lowest BCUT2D eigenvalue weighted by molar-refractivity contribution is -0.159. The van der Waals surface area contributed by atoms with Gasteiger partial charge in [-0.25, -0.2) is 9.59 Å². The van der Waals surface area contributed by atoms with Gasteiger partial charge in [0.15, 0.2) is 0 Å². The number of carboxylic acid groups (broad SMARTS) is 2. The van der Waals surface area contributed by atoms with Crippen LogP contribution in [0.25, 0.3) is 21.8 Å². The minimum atomic E-state index is -1.82. The molecule has 0 unspecified atom stereocenters. The second kappa shape index (κ2) is 14.2. The first-order valence-electron chi connectivity index (χ1n) is 12.5. The van der Waals surface area contributed by atoms with Crippen molar-refractivity contribution in [2.75, 3.05) is 0 Å². The molecule has 206 valence electrons. The summed E-state index contributed by atoms with van der Waals surface area (Å²) in [6.45, 7) is 3.21. The Hall–Kier alpha value is -5.06. The van der Waals surface area contributed by atoms with E-state index in [-0.39, 0.29) is 0 Å². The largest absolute Gasteiger partial charge is 0.473 e. The SMILES string of the molecule is O=C(O)C(=O)O.c1coc(CNCc2ccc3cc[nH]c3c2)c1.c1coc(CNCc2ccc3cc[nH]c3c2)c1. The highest BCUT2D eigenvalue weighted by Gasteiger charge is 2.04. The number of H-pyrrole nitrogens is 2. The van der Waals surface area contributed by atoms with E-state index in [1.54, 1.807) is 12.5 Å². The summed E-state index contributed by atoms with van der Waals surface area (Å²) in [6.07, 6.45) is 7.32. The van der Waals surface area contributed by atoms with Crippen molar-refractivity contribution in [1.82, 2.24) is 20.6 Å². The van der Waals surface area contributed by atoms with Crippen LogP contribution in [0.3, 0.4) is 0 Å². The molecule has 0 aliphatic heterocycles. The van der Waals surface area contributed by atoms with Crippen LogP contribution in [0.1, 0.15) is 22.6 Å². The second-order valence-corrected chi connectivity index (χ2v) is 8.77. The van der Waals surface area contributed by atoms with Gasteiger partial charge in [-0.1, -0.05) is 24.3 Å². The Morgan fingerprint density at radius 3 is 1.45 bits per heavy atom. The Balaban J connectivity index is 0.000000155. The maximum atomic E-state index is 9.10. The van der Waals surface area contributed by atoms with Crippen molar-refractivity contribution in [2.45, 2.75) is 26.2 Å². The quantitative estimate of drug-likeness (QED) is 0.142. The van der Waals surface area contributed by atoms with Crippen molar-refractivity contribution < 1.29 is 28.6 Å². The zero-order chi connectivity index (χ0) is 28.2. The number of hydrogen-bond acceptors (Lipinski definition) is 6. The van der Waals surface area contributed by atoms with Crippen LogP contribution in [0.15, 0.2) is 107 Å². The first kappa shape index (κ1) is 28.0. The summed E-state index contributed by atoms with van der Waals surface area (Å²) in [7, 11) is 0. The Bertz CT molecular complexity index is 1490. The zero-order valence-electron chi connectivity index (χ0n) is 21.6. The molecule has 2 aromatic carbocycles. The third-order valence-corrected chi connectivity index (χ3v) is 5.84. The van der Waals surface area contributed by atoms with Gasteiger partial charge in [0.2, 0.25) is 0 Å². The maximum absolute atomic E-state index is 9.10. The topological polar surface area (TPSA) is 157 Å². The summed E-state index contributed by atoms with van der Waals surface area (Å²) >= 11 is 0. The number of carboxylic acids is 2. The minimum absolute atomic E-state index is 0.760. The Morgan fingerprint density at radius 1 is 0.625 bits per heavy atom. The van der Waals surface area contributed by atoms with Gasteiger partial charge in [0.25, 0.3) is 0 Å². The number of rotatable bonds is 8. The molecule has 10 heteroatoms. The molecular formula is C30H30N4O6. The normalized spacial score (nSPS) is 10.5. The van der Waals surface area contributed by atoms with Crippen molar-refractivity contribution in [3.05, 3.63) is 120 Å². The highest BCUT2D eigenvalue weighted by Crippen LogP contribution is 2.15. The number of carbonyl (C=O) groups is 2. The van der Waals surface area contributed by atoms with E-state index < -0.39 is 11.9 Å². The van der Waals surface area contributed by atoms with E-state index in [1.165, 1.54) is 32.9 Å². The number of aliphatic carboxylic acids is 2. The molecule has 0 saturated carbocycles. The van der Waals surface area contributed by atoms with Crippen LogP contribution in [0.2, 0.25) is 0 Å². The third-order valence-electron chi connectivity index (χ3n) is 5.84. The summed E-state index contributed by atoms with van der Waals surface area (Å²) in [6, 6.07) is 24.8. The number of hydrogen-bond donors (Lipinski definition) is 6. The highest BCUT2D eigenvalue weighted by molar-refractivity contribution is 6.27. The molecule has 4 heterocycles. The molecule has 0 aliphatic rings. The molecule has 0 fully saturated rings. The van der Waals surface area contributed by atoms with Crippen molar-refractivity contribution >= 4 is 33.7 Å². The summed E-state index contributed by atoms with van der Waals surface area (Å²) in [5.74, 6) is -1.72. The Kier molecular flexibility index (Phi) is 9.92. The molecule has 0 bridgehead atoms. The predicted molar refractivity (Wildman–Crippen MR) is 150 cm³/mol. The number of aromatic nitrogens is 2. The van der Waals surface area contributed by atoms with Crippen molar-refractivity contribution in [3.63, 3.8) is 0 Å². The lowest BCUT2D eigenvalue weighted by Crippen LogP contribution is -2.11. The molecule has 6 aromatic rings. The Morgan fingerprint density at radius 2 is 1.07 bits per heavy atom. The monoisotopic (exact) mass is 542 g/mol. The molecule has 6 rings (SSSR count). The van der Waals surface area contributed by atoms with Gasteiger partial charge in [-0.15, -0.1) is 0 Å². The third kappa shape index (κ3) is 8.48. The second-order valence-electron chi connectivity index (χ2n) is 8.77.